The zero-order valence-corrected chi connectivity index (χ0v) is 18.4. The molecule has 0 aliphatic heterocycles. The minimum absolute atomic E-state index is 0.290. The van der Waals surface area contributed by atoms with E-state index in [0.717, 1.165) is 11.1 Å². The molecule has 0 spiro atoms. The summed E-state index contributed by atoms with van der Waals surface area (Å²) >= 11 is 0. The molecule has 3 rings (SSSR count). The first kappa shape index (κ1) is 22.7. The highest BCUT2D eigenvalue weighted by Crippen LogP contribution is 2.34. The number of aromatic nitrogens is 1. The minimum atomic E-state index is -0.290. The normalized spacial score (nSPS) is 10.2. The van der Waals surface area contributed by atoms with Crippen molar-refractivity contribution in [1.82, 2.24) is 4.98 Å². The Morgan fingerprint density at radius 2 is 1.72 bits per heavy atom. The third-order valence-electron chi connectivity index (χ3n) is 4.75. The molecule has 7 nitrogen and oxygen atoms in total. The summed E-state index contributed by atoms with van der Waals surface area (Å²) in [5, 5.41) is 2.90. The Hall–Kier alpha value is -4.00. The van der Waals surface area contributed by atoms with Crippen molar-refractivity contribution in [3.8, 4) is 23.0 Å². The number of anilines is 1. The summed E-state index contributed by atoms with van der Waals surface area (Å²) in [6, 6.07) is 12.4. The van der Waals surface area contributed by atoms with Gasteiger partial charge < -0.3 is 24.3 Å². The first-order chi connectivity index (χ1) is 15.6. The monoisotopic (exact) mass is 434 g/mol. The Balaban J connectivity index is 1.82. The van der Waals surface area contributed by atoms with Crippen LogP contribution in [0.25, 0.3) is 0 Å². The Morgan fingerprint density at radius 1 is 0.969 bits per heavy atom. The van der Waals surface area contributed by atoms with Crippen molar-refractivity contribution in [2.75, 3.05) is 26.6 Å². The van der Waals surface area contributed by atoms with Crippen LogP contribution in [-0.4, -0.2) is 32.2 Å². The van der Waals surface area contributed by atoms with Crippen molar-refractivity contribution in [3.05, 3.63) is 84.2 Å². The number of nitrogens with one attached hydrogen (secondary N) is 1. The number of methoxy groups -OCH3 is 3. The van der Waals surface area contributed by atoms with Crippen molar-refractivity contribution in [3.63, 3.8) is 0 Å². The van der Waals surface area contributed by atoms with Gasteiger partial charge in [0.1, 0.15) is 6.61 Å². The topological polar surface area (TPSA) is 78.9 Å². The number of carbonyl (C=O) groups excluding carboxylic acids is 1. The molecule has 1 N–H and O–H groups in total. The molecule has 0 aliphatic rings. The molecule has 0 aliphatic carbocycles. The van der Waals surface area contributed by atoms with E-state index in [0.29, 0.717) is 47.3 Å². The molecule has 0 saturated carbocycles. The van der Waals surface area contributed by atoms with Gasteiger partial charge in [-0.15, -0.1) is 6.58 Å². The van der Waals surface area contributed by atoms with Crippen molar-refractivity contribution >= 4 is 11.6 Å². The van der Waals surface area contributed by atoms with E-state index in [1.165, 1.54) is 7.11 Å². The molecular weight excluding hydrogens is 408 g/mol. The van der Waals surface area contributed by atoms with Crippen LogP contribution in [0, 0.1) is 0 Å². The smallest absolute Gasteiger partial charge is 0.255 e. The standard InChI is InChI=1S/C25H26N2O5/c1-5-6-18-13-19(14-23(30-3)24(18)31-4)25(28)27-20-7-8-21(29-2)22(15-20)32-16-17-9-11-26-12-10-17/h5,7-15H,1,6,16H2,2-4H3,(H,27,28). The molecule has 0 fully saturated rings. The van der Waals surface area contributed by atoms with Gasteiger partial charge in [-0.05, 0) is 48.4 Å². The maximum absolute atomic E-state index is 13.0. The second-order valence-corrected chi connectivity index (χ2v) is 6.83. The number of amides is 1. The predicted octanol–water partition coefficient (Wildman–Crippen LogP) is 4.67. The average molecular weight is 434 g/mol. The van der Waals surface area contributed by atoms with Gasteiger partial charge in [-0.2, -0.15) is 0 Å². The Kier molecular flexibility index (Phi) is 7.70. The summed E-state index contributed by atoms with van der Waals surface area (Å²) in [4.78, 5) is 17.0. The van der Waals surface area contributed by atoms with E-state index in [-0.39, 0.29) is 5.91 Å². The highest BCUT2D eigenvalue weighted by molar-refractivity contribution is 6.05. The van der Waals surface area contributed by atoms with Crippen molar-refractivity contribution in [2.24, 2.45) is 0 Å². The number of carbonyl (C=O) groups is 1. The SMILES string of the molecule is C=CCc1cc(C(=O)Nc2ccc(OC)c(OCc3ccncc3)c2)cc(OC)c1OC. The number of allylic oxidation sites excluding steroid dienone is 1. The van der Waals surface area contributed by atoms with Crippen LogP contribution in [0.15, 0.2) is 67.5 Å². The maximum atomic E-state index is 13.0. The number of rotatable bonds is 10. The molecule has 1 heterocycles. The molecule has 1 aromatic heterocycles. The van der Waals surface area contributed by atoms with Crippen molar-refractivity contribution in [2.45, 2.75) is 13.0 Å². The Morgan fingerprint density at radius 3 is 2.38 bits per heavy atom. The minimum Gasteiger partial charge on any atom is -0.493 e. The number of hydrogen-bond acceptors (Lipinski definition) is 6. The number of pyridine rings is 1. The van der Waals surface area contributed by atoms with Crippen LogP contribution in [0.1, 0.15) is 21.5 Å². The zero-order valence-electron chi connectivity index (χ0n) is 18.4. The third-order valence-corrected chi connectivity index (χ3v) is 4.75. The van der Waals surface area contributed by atoms with Crippen molar-refractivity contribution < 1.29 is 23.7 Å². The molecule has 0 bridgehead atoms. The van der Waals surface area contributed by atoms with Gasteiger partial charge in [0.05, 0.1) is 21.3 Å². The third kappa shape index (κ3) is 5.37. The second-order valence-electron chi connectivity index (χ2n) is 6.83. The summed E-state index contributed by atoms with van der Waals surface area (Å²) in [5.74, 6) is 1.85. The van der Waals surface area contributed by atoms with Crippen LogP contribution in [-0.2, 0) is 13.0 Å². The first-order valence-corrected chi connectivity index (χ1v) is 9.96. The van der Waals surface area contributed by atoms with E-state index >= 15 is 0 Å². The lowest BCUT2D eigenvalue weighted by Gasteiger charge is -2.15. The Bertz CT molecular complexity index is 1080. The zero-order chi connectivity index (χ0) is 22.9. The largest absolute Gasteiger partial charge is 0.493 e. The molecule has 0 saturated heterocycles. The summed E-state index contributed by atoms with van der Waals surface area (Å²) in [7, 11) is 4.67. The van der Waals surface area contributed by atoms with E-state index in [1.807, 2.05) is 12.1 Å². The molecule has 0 unspecified atom stereocenters. The fraction of sp³-hybridized carbons (Fsp3) is 0.200. The first-order valence-electron chi connectivity index (χ1n) is 9.96. The van der Waals surface area contributed by atoms with Crippen LogP contribution >= 0.6 is 0 Å². The van der Waals surface area contributed by atoms with Gasteiger partial charge in [0.2, 0.25) is 0 Å². The molecular formula is C25H26N2O5. The van der Waals surface area contributed by atoms with Gasteiger partial charge in [-0.3, -0.25) is 9.78 Å². The van der Waals surface area contributed by atoms with Crippen LogP contribution in [0.4, 0.5) is 5.69 Å². The van der Waals surface area contributed by atoms with Crippen LogP contribution in [0.3, 0.4) is 0 Å². The number of hydrogen-bond donors (Lipinski definition) is 1. The second kappa shape index (κ2) is 10.9. The van der Waals surface area contributed by atoms with Gasteiger partial charge in [-0.1, -0.05) is 6.08 Å². The van der Waals surface area contributed by atoms with E-state index in [1.54, 1.807) is 63.0 Å². The molecule has 2 aromatic carbocycles. The quantitative estimate of drug-likeness (QED) is 0.467. The molecule has 1 amide bonds. The summed E-state index contributed by atoms with van der Waals surface area (Å²) in [6.07, 6.45) is 5.69. The predicted molar refractivity (Wildman–Crippen MR) is 123 cm³/mol. The lowest BCUT2D eigenvalue weighted by atomic mass is 10.0. The van der Waals surface area contributed by atoms with Crippen molar-refractivity contribution in [1.29, 1.82) is 0 Å². The van der Waals surface area contributed by atoms with Crippen LogP contribution in [0.2, 0.25) is 0 Å². The molecule has 166 valence electrons. The van der Waals surface area contributed by atoms with E-state index in [2.05, 4.69) is 16.9 Å². The molecule has 32 heavy (non-hydrogen) atoms. The summed E-state index contributed by atoms with van der Waals surface area (Å²) in [6.45, 7) is 4.11. The van der Waals surface area contributed by atoms with E-state index < -0.39 is 0 Å². The molecule has 0 atom stereocenters. The van der Waals surface area contributed by atoms with Gasteiger partial charge in [0, 0.05) is 35.3 Å². The fourth-order valence-electron chi connectivity index (χ4n) is 3.19. The maximum Gasteiger partial charge on any atom is 0.255 e. The fourth-order valence-corrected chi connectivity index (χ4v) is 3.19. The lowest BCUT2D eigenvalue weighted by molar-refractivity contribution is 0.102. The lowest BCUT2D eigenvalue weighted by Crippen LogP contribution is -2.13. The number of nitrogens with zero attached hydrogens (tertiary/aromatic N) is 1. The number of ether oxygens (including phenoxy) is 4. The number of benzene rings is 2. The highest BCUT2D eigenvalue weighted by Gasteiger charge is 2.16. The highest BCUT2D eigenvalue weighted by atomic mass is 16.5. The van der Waals surface area contributed by atoms with Gasteiger partial charge in [-0.25, -0.2) is 0 Å². The Labute approximate surface area is 187 Å². The molecule has 3 aromatic rings. The summed E-state index contributed by atoms with van der Waals surface area (Å²) in [5.41, 5.74) is 2.79. The van der Waals surface area contributed by atoms with Crippen LogP contribution < -0.4 is 24.3 Å². The molecule has 0 radical (unpaired) electrons. The van der Waals surface area contributed by atoms with Gasteiger partial charge >= 0.3 is 0 Å². The van der Waals surface area contributed by atoms with E-state index in [4.69, 9.17) is 18.9 Å². The summed E-state index contributed by atoms with van der Waals surface area (Å²) < 4.78 is 22.1. The van der Waals surface area contributed by atoms with Gasteiger partial charge in [0.25, 0.3) is 5.91 Å². The van der Waals surface area contributed by atoms with Gasteiger partial charge in [0.15, 0.2) is 23.0 Å². The van der Waals surface area contributed by atoms with Crippen LogP contribution in [0.5, 0.6) is 23.0 Å². The molecule has 7 heteroatoms. The average Bonchev–Trinajstić information content (AvgIpc) is 2.83. The van der Waals surface area contributed by atoms with E-state index in [9.17, 15) is 4.79 Å².